The number of rotatable bonds is 8. The Morgan fingerprint density at radius 1 is 0.741 bits per heavy atom. The van der Waals surface area contributed by atoms with E-state index in [-0.39, 0.29) is 12.4 Å². The third-order valence-corrected chi connectivity index (χ3v) is 4.22. The van der Waals surface area contributed by atoms with Crippen molar-refractivity contribution in [1.82, 2.24) is 0 Å². The zero-order valence-electron chi connectivity index (χ0n) is 15.6. The van der Waals surface area contributed by atoms with Crippen LogP contribution in [0.4, 0.5) is 0 Å². The van der Waals surface area contributed by atoms with Crippen molar-refractivity contribution in [2.24, 2.45) is 5.73 Å². The third-order valence-electron chi connectivity index (χ3n) is 4.22. The van der Waals surface area contributed by atoms with Gasteiger partial charge in [-0.3, -0.25) is 0 Å². The molecule has 2 N–H and O–H groups in total. The highest BCUT2D eigenvalue weighted by Gasteiger charge is 2.09. The van der Waals surface area contributed by atoms with Gasteiger partial charge in [-0.15, -0.1) is 12.4 Å². The second-order valence-corrected chi connectivity index (χ2v) is 6.13. The number of halogens is 1. The number of hydrogen-bond acceptors (Lipinski definition) is 3. The molecule has 0 unspecified atom stereocenters. The van der Waals surface area contributed by atoms with E-state index in [1.165, 1.54) is 11.1 Å². The molecule has 0 heterocycles. The minimum atomic E-state index is 0. The van der Waals surface area contributed by atoms with Crippen molar-refractivity contribution in [2.75, 3.05) is 13.2 Å². The number of benzene rings is 3. The zero-order valence-corrected chi connectivity index (χ0v) is 16.4. The molecule has 0 saturated heterocycles. The van der Waals surface area contributed by atoms with E-state index in [4.69, 9.17) is 15.2 Å². The van der Waals surface area contributed by atoms with Gasteiger partial charge in [0, 0.05) is 6.54 Å². The summed E-state index contributed by atoms with van der Waals surface area (Å²) in [5, 5.41) is 0. The molecule has 0 aliphatic carbocycles. The van der Waals surface area contributed by atoms with Crippen LogP contribution >= 0.6 is 12.4 Å². The van der Waals surface area contributed by atoms with Gasteiger partial charge < -0.3 is 15.2 Å². The maximum absolute atomic E-state index is 6.07. The summed E-state index contributed by atoms with van der Waals surface area (Å²) in [5.41, 5.74) is 10.3. The van der Waals surface area contributed by atoms with Gasteiger partial charge in [0.05, 0.1) is 0 Å². The Bertz CT molecular complexity index is 837. The van der Waals surface area contributed by atoms with E-state index in [9.17, 15) is 0 Å². The highest BCUT2D eigenvalue weighted by atomic mass is 35.5. The molecule has 0 aliphatic rings. The number of aryl methyl sites for hydroxylation is 1. The Balaban J connectivity index is 0.00000261. The Kier molecular flexibility index (Phi) is 8.18. The van der Waals surface area contributed by atoms with Gasteiger partial charge in [0.15, 0.2) is 11.5 Å². The van der Waals surface area contributed by atoms with Crippen molar-refractivity contribution in [3.8, 4) is 22.6 Å². The molecule has 27 heavy (non-hydrogen) atoms. The standard InChI is InChI=1S/C23H25NO2.ClH/c1-2-18-9-6-10-20(15-18)21-11-12-22(25-14-13-24)23(16-21)26-17-19-7-4-3-5-8-19;/h3-12,15-16H,2,13-14,17,24H2,1H3;1H. The van der Waals surface area contributed by atoms with Gasteiger partial charge in [0.1, 0.15) is 13.2 Å². The summed E-state index contributed by atoms with van der Waals surface area (Å²) in [6.07, 6.45) is 1.02. The van der Waals surface area contributed by atoms with Crippen LogP contribution in [0.15, 0.2) is 72.8 Å². The molecule has 142 valence electrons. The Morgan fingerprint density at radius 3 is 2.22 bits per heavy atom. The molecule has 3 rings (SSSR count). The van der Waals surface area contributed by atoms with E-state index in [1.54, 1.807) is 0 Å². The summed E-state index contributed by atoms with van der Waals surface area (Å²) in [6, 6.07) is 24.8. The maximum Gasteiger partial charge on any atom is 0.162 e. The molecule has 0 aliphatic heterocycles. The first kappa shape index (κ1) is 20.8. The molecule has 3 aromatic rings. The number of nitrogens with two attached hydrogens (primary N) is 1. The predicted octanol–water partition coefficient (Wildman–Crippen LogP) is 5.25. The topological polar surface area (TPSA) is 44.5 Å². The van der Waals surface area contributed by atoms with Crippen molar-refractivity contribution < 1.29 is 9.47 Å². The molecule has 3 nitrogen and oxygen atoms in total. The van der Waals surface area contributed by atoms with Gasteiger partial charge >= 0.3 is 0 Å². The van der Waals surface area contributed by atoms with E-state index in [2.05, 4.69) is 49.4 Å². The molecular weight excluding hydrogens is 358 g/mol. The first-order chi connectivity index (χ1) is 12.8. The summed E-state index contributed by atoms with van der Waals surface area (Å²) >= 11 is 0. The molecule has 4 heteroatoms. The van der Waals surface area contributed by atoms with Crippen LogP contribution in [0.1, 0.15) is 18.1 Å². The lowest BCUT2D eigenvalue weighted by atomic mass is 10.0. The minimum Gasteiger partial charge on any atom is -0.488 e. The van der Waals surface area contributed by atoms with Crippen LogP contribution in [0, 0.1) is 0 Å². The van der Waals surface area contributed by atoms with Gasteiger partial charge in [-0.05, 0) is 40.8 Å². The highest BCUT2D eigenvalue weighted by Crippen LogP contribution is 2.33. The molecule has 0 atom stereocenters. The van der Waals surface area contributed by atoms with Crippen LogP contribution in [-0.2, 0) is 13.0 Å². The Labute approximate surface area is 167 Å². The van der Waals surface area contributed by atoms with Crippen molar-refractivity contribution in [2.45, 2.75) is 20.0 Å². The largest absolute Gasteiger partial charge is 0.488 e. The van der Waals surface area contributed by atoms with Crippen LogP contribution in [0.2, 0.25) is 0 Å². The minimum absolute atomic E-state index is 0. The average molecular weight is 384 g/mol. The summed E-state index contributed by atoms with van der Waals surface area (Å²) in [7, 11) is 0. The molecule has 0 bridgehead atoms. The van der Waals surface area contributed by atoms with Crippen LogP contribution in [-0.4, -0.2) is 13.2 Å². The zero-order chi connectivity index (χ0) is 18.2. The third kappa shape index (κ3) is 5.75. The summed E-state index contributed by atoms with van der Waals surface area (Å²) in [6.45, 7) is 3.60. The fourth-order valence-corrected chi connectivity index (χ4v) is 2.79. The van der Waals surface area contributed by atoms with Gasteiger partial charge in [-0.25, -0.2) is 0 Å². The molecule has 0 aromatic heterocycles. The van der Waals surface area contributed by atoms with Crippen LogP contribution in [0.25, 0.3) is 11.1 Å². The van der Waals surface area contributed by atoms with E-state index in [0.717, 1.165) is 29.0 Å². The maximum atomic E-state index is 6.07. The summed E-state index contributed by atoms with van der Waals surface area (Å²) in [4.78, 5) is 0. The lowest BCUT2D eigenvalue weighted by Crippen LogP contribution is -2.11. The Morgan fingerprint density at radius 2 is 1.48 bits per heavy atom. The Hall–Kier alpha value is -2.49. The number of ether oxygens (including phenoxy) is 2. The summed E-state index contributed by atoms with van der Waals surface area (Å²) in [5.74, 6) is 1.46. The average Bonchev–Trinajstić information content (AvgIpc) is 2.71. The van der Waals surface area contributed by atoms with Crippen LogP contribution in [0.5, 0.6) is 11.5 Å². The van der Waals surface area contributed by atoms with Gasteiger partial charge in [-0.1, -0.05) is 67.6 Å². The molecule has 0 fully saturated rings. The van der Waals surface area contributed by atoms with Crippen LogP contribution in [0.3, 0.4) is 0 Å². The fraction of sp³-hybridized carbons (Fsp3) is 0.217. The summed E-state index contributed by atoms with van der Waals surface area (Å²) < 4.78 is 11.8. The molecule has 0 radical (unpaired) electrons. The van der Waals surface area contributed by atoms with Gasteiger partial charge in [0.25, 0.3) is 0 Å². The molecule has 0 spiro atoms. The second kappa shape index (κ2) is 10.6. The molecular formula is C23H26ClNO2. The van der Waals surface area contributed by atoms with E-state index in [0.29, 0.717) is 19.8 Å². The van der Waals surface area contributed by atoms with E-state index >= 15 is 0 Å². The normalized spacial score (nSPS) is 10.1. The van der Waals surface area contributed by atoms with Crippen LogP contribution < -0.4 is 15.2 Å². The predicted molar refractivity (Wildman–Crippen MR) is 114 cm³/mol. The smallest absolute Gasteiger partial charge is 0.162 e. The first-order valence-electron chi connectivity index (χ1n) is 9.03. The van der Waals surface area contributed by atoms with E-state index in [1.807, 2.05) is 30.3 Å². The van der Waals surface area contributed by atoms with Crippen molar-refractivity contribution in [3.05, 3.63) is 83.9 Å². The molecule has 0 saturated carbocycles. The first-order valence-corrected chi connectivity index (χ1v) is 9.03. The number of hydrogen-bond donors (Lipinski definition) is 1. The monoisotopic (exact) mass is 383 g/mol. The van der Waals surface area contributed by atoms with Crippen molar-refractivity contribution >= 4 is 12.4 Å². The van der Waals surface area contributed by atoms with Crippen molar-refractivity contribution in [3.63, 3.8) is 0 Å². The molecule has 0 amide bonds. The van der Waals surface area contributed by atoms with E-state index < -0.39 is 0 Å². The lowest BCUT2D eigenvalue weighted by molar-refractivity contribution is 0.266. The highest BCUT2D eigenvalue weighted by molar-refractivity contribution is 5.85. The second-order valence-electron chi connectivity index (χ2n) is 6.13. The van der Waals surface area contributed by atoms with Crippen molar-refractivity contribution in [1.29, 1.82) is 0 Å². The lowest BCUT2D eigenvalue weighted by Gasteiger charge is -2.14. The molecule has 3 aromatic carbocycles. The fourth-order valence-electron chi connectivity index (χ4n) is 2.79. The quantitative estimate of drug-likeness (QED) is 0.577. The van der Waals surface area contributed by atoms with Gasteiger partial charge in [0.2, 0.25) is 0 Å². The van der Waals surface area contributed by atoms with Gasteiger partial charge in [-0.2, -0.15) is 0 Å². The SMILES string of the molecule is CCc1cccc(-c2ccc(OCCN)c(OCc3ccccc3)c2)c1.Cl.